The number of hydrogen-bond donors (Lipinski definition) is 2. The highest BCUT2D eigenvalue weighted by atomic mass is 35.5. The Morgan fingerprint density at radius 2 is 1.88 bits per heavy atom. The van der Waals surface area contributed by atoms with Gasteiger partial charge in [0.05, 0.1) is 17.7 Å². The van der Waals surface area contributed by atoms with Crippen LogP contribution >= 0.6 is 36.4 Å². The van der Waals surface area contributed by atoms with E-state index < -0.39 is 0 Å². The van der Waals surface area contributed by atoms with Gasteiger partial charge in [-0.1, -0.05) is 11.6 Å². The van der Waals surface area contributed by atoms with Crippen LogP contribution in [0.3, 0.4) is 0 Å². The number of nitrogens with one attached hydrogen (secondary N) is 1. The molecule has 0 aromatic heterocycles. The average molecular weight is 414 g/mol. The van der Waals surface area contributed by atoms with Crippen molar-refractivity contribution in [1.82, 2.24) is 10.2 Å². The van der Waals surface area contributed by atoms with E-state index in [2.05, 4.69) is 10.2 Å². The van der Waals surface area contributed by atoms with Crippen LogP contribution < -0.4 is 10.1 Å². The molecule has 144 valence electrons. The number of ether oxygens (including phenoxy) is 2. The smallest absolute Gasteiger partial charge is 0.142 e. The van der Waals surface area contributed by atoms with Crippen LogP contribution in [-0.2, 0) is 4.74 Å². The lowest BCUT2D eigenvalue weighted by Crippen LogP contribution is -2.47. The average Bonchev–Trinajstić information content (AvgIpc) is 2.61. The van der Waals surface area contributed by atoms with Gasteiger partial charge in [-0.2, -0.15) is 0 Å². The van der Waals surface area contributed by atoms with Crippen LogP contribution in [-0.4, -0.2) is 56.5 Å². The monoisotopic (exact) mass is 412 g/mol. The molecule has 25 heavy (non-hydrogen) atoms. The second-order valence-corrected chi connectivity index (χ2v) is 6.60. The van der Waals surface area contributed by atoms with Gasteiger partial charge in [0.25, 0.3) is 0 Å². The van der Waals surface area contributed by atoms with Crippen molar-refractivity contribution in [2.24, 2.45) is 5.92 Å². The first-order valence-corrected chi connectivity index (χ1v) is 8.68. The molecule has 8 heteroatoms. The highest BCUT2D eigenvalue weighted by molar-refractivity contribution is 6.32. The fourth-order valence-corrected chi connectivity index (χ4v) is 3.90. The summed E-state index contributed by atoms with van der Waals surface area (Å²) in [6.45, 7) is 5.38. The minimum Gasteiger partial charge on any atom is -0.506 e. The summed E-state index contributed by atoms with van der Waals surface area (Å²) < 4.78 is 11.1. The zero-order valence-corrected chi connectivity index (χ0v) is 16.8. The quantitative estimate of drug-likeness (QED) is 0.793. The molecule has 0 radical (unpaired) electrons. The molecular formula is C17H27Cl3N2O3. The second kappa shape index (κ2) is 10.7. The maximum Gasteiger partial charge on any atom is 0.142 e. The topological polar surface area (TPSA) is 54.0 Å². The minimum absolute atomic E-state index is 0. The molecule has 1 aromatic carbocycles. The first-order valence-electron chi connectivity index (χ1n) is 8.30. The van der Waals surface area contributed by atoms with Crippen LogP contribution in [0.25, 0.3) is 0 Å². The van der Waals surface area contributed by atoms with Crippen LogP contribution in [0.4, 0.5) is 0 Å². The van der Waals surface area contributed by atoms with Crippen LogP contribution in [0.15, 0.2) is 12.1 Å². The lowest BCUT2D eigenvalue weighted by Gasteiger charge is -2.41. The third kappa shape index (κ3) is 5.06. The van der Waals surface area contributed by atoms with Gasteiger partial charge in [0.1, 0.15) is 11.5 Å². The second-order valence-electron chi connectivity index (χ2n) is 6.19. The number of aromatic hydroxyl groups is 1. The van der Waals surface area contributed by atoms with Crippen molar-refractivity contribution in [3.05, 3.63) is 22.7 Å². The molecule has 5 nitrogen and oxygen atoms in total. The molecule has 2 aliphatic rings. The number of piperazine rings is 1. The molecule has 0 aliphatic carbocycles. The molecule has 0 bridgehead atoms. The van der Waals surface area contributed by atoms with Crippen LogP contribution in [0.5, 0.6) is 11.5 Å². The molecule has 0 unspecified atom stereocenters. The molecule has 0 amide bonds. The van der Waals surface area contributed by atoms with Gasteiger partial charge in [0, 0.05) is 45.4 Å². The minimum atomic E-state index is 0. The van der Waals surface area contributed by atoms with Gasteiger partial charge in [-0.3, -0.25) is 4.90 Å². The molecule has 2 saturated heterocycles. The Morgan fingerprint density at radius 3 is 2.48 bits per heavy atom. The fourth-order valence-electron chi connectivity index (χ4n) is 3.74. The molecule has 2 N–H and O–H groups in total. The molecule has 1 aromatic rings. The van der Waals surface area contributed by atoms with Crippen LogP contribution in [0.2, 0.25) is 5.02 Å². The van der Waals surface area contributed by atoms with E-state index in [1.165, 1.54) is 0 Å². The van der Waals surface area contributed by atoms with Crippen LogP contribution in [0.1, 0.15) is 24.4 Å². The summed E-state index contributed by atoms with van der Waals surface area (Å²) in [4.78, 5) is 2.44. The molecule has 2 aliphatic heterocycles. The Kier molecular flexibility index (Phi) is 9.64. The van der Waals surface area contributed by atoms with Gasteiger partial charge in [-0.25, -0.2) is 0 Å². The van der Waals surface area contributed by atoms with Gasteiger partial charge >= 0.3 is 0 Å². The van der Waals surface area contributed by atoms with Crippen molar-refractivity contribution in [2.75, 3.05) is 46.5 Å². The first-order chi connectivity index (χ1) is 11.2. The lowest BCUT2D eigenvalue weighted by atomic mass is 9.84. The zero-order chi connectivity index (χ0) is 16.2. The summed E-state index contributed by atoms with van der Waals surface area (Å²) in [6, 6.07) is 3.65. The molecule has 1 atom stereocenters. The third-order valence-corrected chi connectivity index (χ3v) is 5.21. The maximum absolute atomic E-state index is 10.7. The summed E-state index contributed by atoms with van der Waals surface area (Å²) in [5.74, 6) is 1.29. The Hall–Kier alpha value is -0.430. The predicted octanol–water partition coefficient (Wildman–Crippen LogP) is 3.27. The summed E-state index contributed by atoms with van der Waals surface area (Å²) in [5.41, 5.74) is 0.828. The number of phenols is 1. The number of rotatable bonds is 4. The van der Waals surface area contributed by atoms with Gasteiger partial charge in [-0.05, 0) is 30.9 Å². The Bertz CT molecular complexity index is 518. The fraction of sp³-hybridized carbons (Fsp3) is 0.647. The molecule has 3 rings (SSSR count). The van der Waals surface area contributed by atoms with E-state index in [-0.39, 0.29) is 36.6 Å². The van der Waals surface area contributed by atoms with Crippen molar-refractivity contribution in [2.45, 2.75) is 18.9 Å². The van der Waals surface area contributed by atoms with Crippen molar-refractivity contribution < 1.29 is 14.6 Å². The van der Waals surface area contributed by atoms with E-state index in [4.69, 9.17) is 21.1 Å². The maximum atomic E-state index is 10.7. The normalized spacial score (nSPS) is 20.2. The van der Waals surface area contributed by atoms with Crippen LogP contribution in [0, 0.1) is 5.92 Å². The molecule has 0 saturated carbocycles. The highest BCUT2D eigenvalue weighted by Crippen LogP contribution is 2.46. The number of methoxy groups -OCH3 is 1. The largest absolute Gasteiger partial charge is 0.506 e. The summed E-state index contributed by atoms with van der Waals surface area (Å²) in [5, 5.41) is 14.4. The first kappa shape index (κ1) is 22.6. The lowest BCUT2D eigenvalue weighted by molar-refractivity contribution is 0.0199. The van der Waals surface area contributed by atoms with E-state index in [1.807, 2.05) is 6.07 Å². The predicted molar refractivity (Wildman–Crippen MR) is 105 cm³/mol. The SMILES string of the molecule is COc1ccc(Cl)c(O)c1[C@H](C1CCOCC1)N1CCNCC1.Cl.Cl. The van der Waals surface area contributed by atoms with E-state index in [0.29, 0.717) is 16.7 Å². The van der Waals surface area contributed by atoms with E-state index in [0.717, 1.165) is 57.8 Å². The summed E-state index contributed by atoms with van der Waals surface area (Å²) in [7, 11) is 1.64. The number of nitrogens with zero attached hydrogens (tertiary/aromatic N) is 1. The third-order valence-electron chi connectivity index (χ3n) is 4.90. The standard InChI is InChI=1S/C17H25ClN2O3.2ClH/c1-22-14-3-2-13(18)17(21)15(14)16(12-4-10-23-11-5-12)20-8-6-19-7-9-20;;/h2-3,12,16,19,21H,4-11H2,1H3;2*1H/t16-;;/m0../s1. The van der Waals surface area contributed by atoms with Crippen molar-refractivity contribution in [3.8, 4) is 11.5 Å². The number of hydrogen-bond acceptors (Lipinski definition) is 5. The Labute approximate surface area is 166 Å². The van der Waals surface area contributed by atoms with E-state index >= 15 is 0 Å². The van der Waals surface area contributed by atoms with E-state index in [9.17, 15) is 5.11 Å². The molecule has 2 fully saturated rings. The summed E-state index contributed by atoms with van der Waals surface area (Å²) >= 11 is 6.20. The number of benzene rings is 1. The molecule has 0 spiro atoms. The van der Waals surface area contributed by atoms with Gasteiger partial charge in [0.2, 0.25) is 0 Å². The number of phenolic OH excluding ortho intramolecular Hbond substituents is 1. The van der Waals surface area contributed by atoms with Gasteiger partial charge < -0.3 is 19.9 Å². The summed E-state index contributed by atoms with van der Waals surface area (Å²) in [6.07, 6.45) is 1.98. The Balaban J connectivity index is 0.00000156. The van der Waals surface area contributed by atoms with Gasteiger partial charge in [-0.15, -0.1) is 24.8 Å². The highest BCUT2D eigenvalue weighted by Gasteiger charge is 2.35. The zero-order valence-electron chi connectivity index (χ0n) is 14.4. The Morgan fingerprint density at radius 1 is 1.24 bits per heavy atom. The van der Waals surface area contributed by atoms with Crippen molar-refractivity contribution >= 4 is 36.4 Å². The molecule has 2 heterocycles. The van der Waals surface area contributed by atoms with Crippen molar-refractivity contribution in [3.63, 3.8) is 0 Å². The van der Waals surface area contributed by atoms with Crippen molar-refractivity contribution in [1.29, 1.82) is 0 Å². The van der Waals surface area contributed by atoms with Gasteiger partial charge in [0.15, 0.2) is 0 Å². The van der Waals surface area contributed by atoms with E-state index in [1.54, 1.807) is 13.2 Å². The molecular weight excluding hydrogens is 387 g/mol. The number of halogens is 3.